The van der Waals surface area contributed by atoms with Crippen LogP contribution in [0, 0.1) is 6.92 Å². The van der Waals surface area contributed by atoms with Crippen molar-refractivity contribution in [3.05, 3.63) is 83.4 Å². The highest BCUT2D eigenvalue weighted by Crippen LogP contribution is 2.52. The topological polar surface area (TPSA) is 80.3 Å². The van der Waals surface area contributed by atoms with Gasteiger partial charge in [0.2, 0.25) is 0 Å². The molecule has 0 saturated heterocycles. The molecule has 0 aliphatic heterocycles. The second-order valence-electron chi connectivity index (χ2n) is 10.4. The minimum atomic E-state index is -1.18. The molecule has 0 amide bonds. The van der Waals surface area contributed by atoms with Gasteiger partial charge in [0.1, 0.15) is 0 Å². The van der Waals surface area contributed by atoms with Gasteiger partial charge in [0.25, 0.3) is 0 Å². The third kappa shape index (κ3) is 2.09. The molecule has 0 heterocycles. The van der Waals surface area contributed by atoms with Crippen molar-refractivity contribution in [3.63, 3.8) is 0 Å². The Morgan fingerprint density at radius 1 is 0.459 bits per heavy atom. The van der Waals surface area contributed by atoms with Crippen LogP contribution in [0.25, 0.3) is 86.2 Å². The first-order chi connectivity index (χ1) is 17.9. The molecule has 172 valence electrons. The Labute approximate surface area is 208 Å². The van der Waals surface area contributed by atoms with Crippen molar-refractivity contribution in [2.45, 2.75) is 6.92 Å². The first-order valence-corrected chi connectivity index (χ1v) is 12.2. The van der Waals surface area contributed by atoms with Crippen LogP contribution in [-0.2, 0) is 0 Å². The van der Waals surface area contributed by atoms with Gasteiger partial charge in [-0.25, -0.2) is 0 Å². The maximum absolute atomic E-state index is 11.8. The van der Waals surface area contributed by atoms with E-state index in [-0.39, 0.29) is 11.1 Å². The maximum Gasteiger partial charge on any atom is 0.0715 e. The third-order valence-corrected chi connectivity index (χ3v) is 8.48. The molecule has 0 aliphatic carbocycles. The molecule has 0 N–H and O–H groups in total. The SMILES string of the molecule is Cc1cc2cc3cc(C(=O)[O-])cc4cc5ccc6cc7cc(C(=O)[O-])cc8cc1c1c2c(c43)c5c6c1c78. The Balaban J connectivity index is 1.70. The van der Waals surface area contributed by atoms with Crippen LogP contribution in [0.15, 0.2) is 66.7 Å². The molecule has 0 saturated carbocycles. The first kappa shape index (κ1) is 19.3. The first-order valence-electron chi connectivity index (χ1n) is 12.2. The molecule has 9 rings (SSSR count). The number of carboxylic acids is 2. The molecule has 4 nitrogen and oxygen atoms in total. The highest BCUT2D eigenvalue weighted by molar-refractivity contribution is 6.50. The van der Waals surface area contributed by atoms with E-state index in [1.165, 1.54) is 16.2 Å². The number of aryl methyl sites for hydroxylation is 1. The number of rotatable bonds is 2. The summed E-state index contributed by atoms with van der Waals surface area (Å²) < 4.78 is 0. The summed E-state index contributed by atoms with van der Waals surface area (Å²) in [6.07, 6.45) is 0. The fourth-order valence-corrected chi connectivity index (χ4v) is 7.15. The molecule has 0 aliphatic rings. The Hall–Kier alpha value is -4.96. The van der Waals surface area contributed by atoms with Gasteiger partial charge in [0, 0.05) is 0 Å². The van der Waals surface area contributed by atoms with Crippen LogP contribution in [0.5, 0.6) is 0 Å². The normalized spacial score (nSPS) is 12.9. The highest BCUT2D eigenvalue weighted by Gasteiger charge is 2.25. The van der Waals surface area contributed by atoms with Gasteiger partial charge in [0.15, 0.2) is 0 Å². The van der Waals surface area contributed by atoms with E-state index in [0.29, 0.717) is 0 Å². The predicted octanol–water partition coefficient (Wildman–Crippen LogP) is 5.70. The fourth-order valence-electron chi connectivity index (χ4n) is 7.15. The Bertz CT molecular complexity index is 2470. The van der Waals surface area contributed by atoms with Crippen LogP contribution in [-0.4, -0.2) is 11.9 Å². The van der Waals surface area contributed by atoms with Crippen LogP contribution >= 0.6 is 0 Å². The fraction of sp³-hybridized carbons (Fsp3) is 0.0303. The lowest BCUT2D eigenvalue weighted by Gasteiger charge is -2.25. The lowest BCUT2D eigenvalue weighted by Crippen LogP contribution is -2.22. The number of benzene rings is 9. The maximum atomic E-state index is 11.8. The molecule has 9 aromatic rings. The molecule has 0 radical (unpaired) electrons. The van der Waals surface area contributed by atoms with Gasteiger partial charge in [-0.15, -0.1) is 0 Å². The molecule has 0 spiro atoms. The summed E-state index contributed by atoms with van der Waals surface area (Å²) in [5, 5.41) is 40.6. The van der Waals surface area contributed by atoms with Gasteiger partial charge in [-0.3, -0.25) is 0 Å². The minimum absolute atomic E-state index is 0.174. The Morgan fingerprint density at radius 3 is 1.38 bits per heavy atom. The number of carbonyl (C=O) groups excluding carboxylic acids is 2. The molecular weight excluding hydrogens is 460 g/mol. The molecular formula is C33H14O4-2. The molecule has 0 bridgehead atoms. The summed E-state index contributed by atoms with van der Waals surface area (Å²) in [4.78, 5) is 23.7. The van der Waals surface area contributed by atoms with Crippen molar-refractivity contribution in [2.24, 2.45) is 0 Å². The summed E-state index contributed by atoms with van der Waals surface area (Å²) >= 11 is 0. The highest BCUT2D eigenvalue weighted by atomic mass is 16.4. The van der Waals surface area contributed by atoms with Crippen molar-refractivity contribution >= 4 is 98.1 Å². The summed E-state index contributed by atoms with van der Waals surface area (Å²) in [6, 6.07) is 21.6. The zero-order valence-electron chi connectivity index (χ0n) is 19.5. The number of hydrogen-bond donors (Lipinski definition) is 0. The van der Waals surface area contributed by atoms with Gasteiger partial charge < -0.3 is 19.8 Å². The average molecular weight is 474 g/mol. The van der Waals surface area contributed by atoms with Crippen molar-refractivity contribution < 1.29 is 19.8 Å². The van der Waals surface area contributed by atoms with Crippen LogP contribution in [0.1, 0.15) is 26.3 Å². The molecule has 0 unspecified atom stereocenters. The second kappa shape index (κ2) is 5.88. The summed E-state index contributed by atoms with van der Waals surface area (Å²) in [6.45, 7) is 2.07. The predicted molar refractivity (Wildman–Crippen MR) is 145 cm³/mol. The van der Waals surface area contributed by atoms with Crippen molar-refractivity contribution in [2.75, 3.05) is 0 Å². The Kier molecular flexibility index (Phi) is 3.06. The molecule has 4 heteroatoms. The number of carbonyl (C=O) groups is 2. The van der Waals surface area contributed by atoms with Gasteiger partial charge in [-0.2, -0.15) is 0 Å². The number of hydrogen-bond acceptors (Lipinski definition) is 4. The second-order valence-corrected chi connectivity index (χ2v) is 10.4. The number of aromatic carboxylic acids is 2. The van der Waals surface area contributed by atoms with E-state index < -0.39 is 11.9 Å². The van der Waals surface area contributed by atoms with Crippen molar-refractivity contribution in [1.82, 2.24) is 0 Å². The third-order valence-electron chi connectivity index (χ3n) is 8.48. The van der Waals surface area contributed by atoms with Crippen LogP contribution < -0.4 is 10.2 Å². The lowest BCUT2D eigenvalue weighted by molar-refractivity contribution is -0.256. The lowest BCUT2D eigenvalue weighted by atomic mass is 9.78. The van der Waals surface area contributed by atoms with E-state index in [1.807, 2.05) is 0 Å². The summed E-state index contributed by atoms with van der Waals surface area (Å²) in [5.74, 6) is -2.36. The van der Waals surface area contributed by atoms with Crippen LogP contribution in [0.3, 0.4) is 0 Å². The van der Waals surface area contributed by atoms with E-state index in [1.54, 1.807) is 24.3 Å². The zero-order chi connectivity index (χ0) is 24.9. The molecule has 0 aromatic heterocycles. The van der Waals surface area contributed by atoms with E-state index in [2.05, 4.69) is 49.4 Å². The Morgan fingerprint density at radius 2 is 0.865 bits per heavy atom. The summed E-state index contributed by atoms with van der Waals surface area (Å²) in [7, 11) is 0. The molecule has 9 aromatic carbocycles. The van der Waals surface area contributed by atoms with E-state index >= 15 is 0 Å². The van der Waals surface area contributed by atoms with Gasteiger partial charge >= 0.3 is 0 Å². The van der Waals surface area contributed by atoms with Crippen LogP contribution in [0.2, 0.25) is 0 Å². The number of carboxylic acid groups (broad SMARTS) is 2. The quantitative estimate of drug-likeness (QED) is 0.238. The van der Waals surface area contributed by atoms with Gasteiger partial charge in [-0.1, -0.05) is 18.2 Å². The van der Waals surface area contributed by atoms with Gasteiger partial charge in [0.05, 0.1) is 11.9 Å². The molecule has 0 atom stereocenters. The van der Waals surface area contributed by atoms with Crippen LogP contribution in [0.4, 0.5) is 0 Å². The van der Waals surface area contributed by atoms with Crippen molar-refractivity contribution in [1.29, 1.82) is 0 Å². The zero-order valence-corrected chi connectivity index (χ0v) is 19.5. The smallest absolute Gasteiger partial charge is 0.0715 e. The van der Waals surface area contributed by atoms with E-state index in [0.717, 1.165) is 75.6 Å². The average Bonchev–Trinajstić information content (AvgIpc) is 2.88. The van der Waals surface area contributed by atoms with E-state index in [9.17, 15) is 19.8 Å². The van der Waals surface area contributed by atoms with E-state index in [4.69, 9.17) is 0 Å². The monoisotopic (exact) mass is 474 g/mol. The largest absolute Gasteiger partial charge is 0.545 e. The minimum Gasteiger partial charge on any atom is -0.545 e. The standard InChI is InChI=1S/C33H16O4/c1-13-4-16-7-19-10-21(32(34)35)8-17-5-14-2-3-15-6-18-9-22(33(36)37)11-20-12-23(13)29-28(16)30(24(17)19)26(14)27(15)31(29)25(18)20/h2-12H,1H3,(H,34,35)(H,36,37)/p-2. The summed E-state index contributed by atoms with van der Waals surface area (Å²) in [5.41, 5.74) is 1.43. The molecule has 37 heavy (non-hydrogen) atoms. The van der Waals surface area contributed by atoms with Gasteiger partial charge in [-0.05, 0) is 158 Å². The molecule has 0 fully saturated rings. The van der Waals surface area contributed by atoms with Crippen molar-refractivity contribution in [3.8, 4) is 0 Å².